The molecule has 0 aliphatic heterocycles. The van der Waals surface area contributed by atoms with Crippen LogP contribution in [0.2, 0.25) is 0 Å². The number of hydrogen-bond donors (Lipinski definition) is 0. The van der Waals surface area contributed by atoms with E-state index in [-0.39, 0.29) is 12.6 Å². The molecule has 5 nitrogen and oxygen atoms in total. The highest BCUT2D eigenvalue weighted by molar-refractivity contribution is 7.99. The highest BCUT2D eigenvalue weighted by Gasteiger charge is 2.01. The van der Waals surface area contributed by atoms with Crippen LogP contribution in [0.25, 0.3) is 0 Å². The normalized spacial score (nSPS) is 11.5. The number of hydrogen-bond acceptors (Lipinski definition) is 6. The maximum Gasteiger partial charge on any atom is 0.305 e. The molecule has 0 heterocycles. The summed E-state index contributed by atoms with van der Waals surface area (Å²) in [5.41, 5.74) is 0. The Bertz CT molecular complexity index is 354. The van der Waals surface area contributed by atoms with Crippen LogP contribution < -0.4 is 0 Å². The number of methoxy groups -OCH3 is 1. The summed E-state index contributed by atoms with van der Waals surface area (Å²) < 4.78 is 30.7. The minimum Gasteiger partial charge on any atom is -0.469 e. The zero-order valence-electron chi connectivity index (χ0n) is 13.1. The van der Waals surface area contributed by atoms with Crippen LogP contribution in [0.5, 0.6) is 0 Å². The van der Waals surface area contributed by atoms with Crippen molar-refractivity contribution in [2.45, 2.75) is 51.4 Å². The molecule has 7 heteroatoms. The molecule has 0 aromatic heterocycles. The lowest BCUT2D eigenvalue weighted by Crippen LogP contribution is -2.04. The van der Waals surface area contributed by atoms with Gasteiger partial charge in [-0.05, 0) is 30.8 Å². The van der Waals surface area contributed by atoms with Crippen molar-refractivity contribution >= 4 is 27.8 Å². The van der Waals surface area contributed by atoms with E-state index < -0.39 is 10.1 Å². The second kappa shape index (κ2) is 13.4. The second-order valence-corrected chi connectivity index (χ2v) is 7.81. The smallest absolute Gasteiger partial charge is 0.305 e. The van der Waals surface area contributed by atoms with Gasteiger partial charge in [-0.3, -0.25) is 8.98 Å². The topological polar surface area (TPSA) is 69.7 Å². The Balaban J connectivity index is 3.11. The molecule has 0 radical (unpaired) electrons. The van der Waals surface area contributed by atoms with E-state index in [1.54, 1.807) is 0 Å². The van der Waals surface area contributed by atoms with Crippen LogP contribution in [0.3, 0.4) is 0 Å². The Kier molecular flexibility index (Phi) is 13.2. The summed E-state index contributed by atoms with van der Waals surface area (Å²) in [6.07, 6.45) is 9.16. The number of thioether (sulfide) groups is 1. The van der Waals surface area contributed by atoms with Crippen LogP contribution >= 0.6 is 11.8 Å². The van der Waals surface area contributed by atoms with Crippen LogP contribution in [-0.4, -0.2) is 45.9 Å². The third-order valence-electron chi connectivity index (χ3n) is 2.88. The summed E-state index contributed by atoms with van der Waals surface area (Å²) in [6.45, 7) is 0.284. The number of carbonyl (C=O) groups excluding carboxylic acids is 1. The molecule has 0 unspecified atom stereocenters. The van der Waals surface area contributed by atoms with Crippen molar-refractivity contribution < 1.29 is 22.1 Å². The quantitative estimate of drug-likeness (QED) is 0.275. The molecule has 0 aliphatic rings. The van der Waals surface area contributed by atoms with Crippen LogP contribution in [-0.2, 0) is 23.8 Å². The first-order valence-corrected chi connectivity index (χ1v) is 10.4. The van der Waals surface area contributed by atoms with E-state index in [1.807, 2.05) is 11.8 Å². The van der Waals surface area contributed by atoms with Gasteiger partial charge >= 0.3 is 5.97 Å². The van der Waals surface area contributed by atoms with E-state index in [2.05, 4.69) is 8.92 Å². The van der Waals surface area contributed by atoms with Crippen LogP contribution in [0.15, 0.2) is 0 Å². The van der Waals surface area contributed by atoms with Crippen molar-refractivity contribution in [3.8, 4) is 0 Å². The van der Waals surface area contributed by atoms with Gasteiger partial charge in [-0.15, -0.1) is 0 Å². The van der Waals surface area contributed by atoms with Crippen molar-refractivity contribution in [3.05, 3.63) is 0 Å². The maximum atomic E-state index is 10.9. The molecule has 0 atom stereocenters. The van der Waals surface area contributed by atoms with Crippen LogP contribution in [0.1, 0.15) is 51.4 Å². The molecule has 0 N–H and O–H groups in total. The van der Waals surface area contributed by atoms with E-state index in [0.717, 1.165) is 37.0 Å². The van der Waals surface area contributed by atoms with Gasteiger partial charge in [0.15, 0.2) is 0 Å². The number of esters is 1. The minimum atomic E-state index is -3.28. The first-order valence-electron chi connectivity index (χ1n) is 7.44. The van der Waals surface area contributed by atoms with E-state index in [9.17, 15) is 13.2 Å². The van der Waals surface area contributed by atoms with E-state index in [1.165, 1.54) is 32.8 Å². The Morgan fingerprint density at radius 2 is 1.52 bits per heavy atom. The highest BCUT2D eigenvalue weighted by Crippen LogP contribution is 2.11. The fourth-order valence-corrected chi connectivity index (χ4v) is 3.11. The molecule has 0 fully saturated rings. The number of unbranched alkanes of at least 4 members (excludes halogenated alkanes) is 5. The highest BCUT2D eigenvalue weighted by atomic mass is 32.2. The molecule has 126 valence electrons. The fourth-order valence-electron chi connectivity index (χ4n) is 1.76. The lowest BCUT2D eigenvalue weighted by Gasteiger charge is -2.03. The predicted molar refractivity (Wildman–Crippen MR) is 87.1 cm³/mol. The SMILES string of the molecule is COC(=O)CCCCCCCCSCCCOS(C)(=O)=O. The summed E-state index contributed by atoms with van der Waals surface area (Å²) in [7, 11) is -1.86. The fraction of sp³-hybridized carbons (Fsp3) is 0.929. The summed E-state index contributed by atoms with van der Waals surface area (Å²) in [4.78, 5) is 10.9. The Labute approximate surface area is 133 Å². The van der Waals surface area contributed by atoms with E-state index in [0.29, 0.717) is 6.42 Å². The zero-order chi connectivity index (χ0) is 16.0. The van der Waals surface area contributed by atoms with Gasteiger partial charge in [-0.25, -0.2) is 0 Å². The van der Waals surface area contributed by atoms with Crippen molar-refractivity contribution in [3.63, 3.8) is 0 Å². The molecular weight excluding hydrogens is 312 g/mol. The van der Waals surface area contributed by atoms with E-state index in [4.69, 9.17) is 0 Å². The van der Waals surface area contributed by atoms with Crippen molar-refractivity contribution in [2.24, 2.45) is 0 Å². The Morgan fingerprint density at radius 3 is 2.14 bits per heavy atom. The van der Waals surface area contributed by atoms with Gasteiger partial charge in [0.05, 0.1) is 20.0 Å². The Morgan fingerprint density at radius 1 is 0.952 bits per heavy atom. The molecule has 0 saturated carbocycles. The summed E-state index contributed by atoms with van der Waals surface area (Å²) in [5, 5.41) is 0. The van der Waals surface area contributed by atoms with Crippen molar-refractivity contribution in [1.29, 1.82) is 0 Å². The van der Waals surface area contributed by atoms with Gasteiger partial charge in [-0.2, -0.15) is 20.2 Å². The van der Waals surface area contributed by atoms with Gasteiger partial charge in [0.1, 0.15) is 0 Å². The van der Waals surface area contributed by atoms with Gasteiger partial charge in [0.2, 0.25) is 0 Å². The molecule has 0 aliphatic carbocycles. The first-order chi connectivity index (χ1) is 9.95. The third kappa shape index (κ3) is 17.7. The van der Waals surface area contributed by atoms with Gasteiger partial charge < -0.3 is 4.74 Å². The lowest BCUT2D eigenvalue weighted by molar-refractivity contribution is -0.140. The van der Waals surface area contributed by atoms with Crippen molar-refractivity contribution in [2.75, 3.05) is 31.5 Å². The predicted octanol–water partition coefficient (Wildman–Crippen LogP) is 2.99. The number of rotatable bonds is 14. The summed E-state index contributed by atoms with van der Waals surface area (Å²) in [5.74, 6) is 1.93. The molecule has 21 heavy (non-hydrogen) atoms. The average Bonchev–Trinajstić information content (AvgIpc) is 2.42. The Hall–Kier alpha value is -0.270. The number of ether oxygens (including phenoxy) is 1. The molecular formula is C14H28O5S2. The van der Waals surface area contributed by atoms with E-state index >= 15 is 0 Å². The monoisotopic (exact) mass is 340 g/mol. The first kappa shape index (κ1) is 20.7. The van der Waals surface area contributed by atoms with Gasteiger partial charge in [0, 0.05) is 6.42 Å². The molecule has 0 aromatic rings. The summed E-state index contributed by atoms with van der Waals surface area (Å²) >= 11 is 1.84. The summed E-state index contributed by atoms with van der Waals surface area (Å²) in [6, 6.07) is 0. The minimum absolute atomic E-state index is 0.119. The molecule has 0 aromatic carbocycles. The zero-order valence-corrected chi connectivity index (χ0v) is 14.8. The maximum absolute atomic E-state index is 10.9. The third-order valence-corrected chi connectivity index (χ3v) is 4.63. The standard InChI is InChI=1S/C14H28O5S2/c1-18-14(15)10-7-5-3-4-6-8-12-20-13-9-11-19-21(2,16)17/h3-13H2,1-2H3. The molecule has 0 amide bonds. The van der Waals surface area contributed by atoms with Gasteiger partial charge in [0.25, 0.3) is 10.1 Å². The molecule has 0 saturated heterocycles. The second-order valence-electron chi connectivity index (χ2n) is 4.94. The van der Waals surface area contributed by atoms with Crippen LogP contribution in [0.4, 0.5) is 0 Å². The van der Waals surface area contributed by atoms with Crippen molar-refractivity contribution in [1.82, 2.24) is 0 Å². The lowest BCUT2D eigenvalue weighted by atomic mass is 10.1. The average molecular weight is 341 g/mol. The molecule has 0 spiro atoms. The largest absolute Gasteiger partial charge is 0.469 e. The molecule has 0 rings (SSSR count). The van der Waals surface area contributed by atoms with Gasteiger partial charge in [-0.1, -0.05) is 25.7 Å². The molecule has 0 bridgehead atoms. The van der Waals surface area contributed by atoms with Crippen LogP contribution in [0, 0.1) is 0 Å². The number of carbonyl (C=O) groups is 1.